The summed E-state index contributed by atoms with van der Waals surface area (Å²) in [5, 5.41) is 11.9. The Labute approximate surface area is 133 Å². The second kappa shape index (κ2) is 6.51. The largest absolute Gasteiger partial charge is 0.491 e. The lowest BCUT2D eigenvalue weighted by molar-refractivity contribution is -0.145. The Morgan fingerprint density at radius 2 is 1.96 bits per heavy atom. The molecule has 7 nitrogen and oxygen atoms in total. The third kappa shape index (κ3) is 3.88. The Bertz CT molecular complexity index is 711. The molecule has 0 spiro atoms. The summed E-state index contributed by atoms with van der Waals surface area (Å²) in [5.74, 6) is -1.01. The fourth-order valence-corrected chi connectivity index (χ4v) is 1.94. The zero-order chi connectivity index (χ0) is 17.0. The topological polar surface area (TPSA) is 102 Å². The van der Waals surface area contributed by atoms with E-state index in [1.807, 2.05) is 6.07 Å². The van der Waals surface area contributed by atoms with E-state index < -0.39 is 17.4 Å². The standard InChI is InChI=1S/C16H18N2O5/c1-10-13(23-11(2)17-10)14(19)18-16(3,15(20)21)9-22-12-7-5-4-6-8-12/h4-8H,9H2,1-3H3,(H,18,19)(H,20,21). The summed E-state index contributed by atoms with van der Waals surface area (Å²) < 4.78 is 10.7. The number of hydrogen-bond donors (Lipinski definition) is 2. The molecule has 0 fully saturated rings. The third-order valence-electron chi connectivity index (χ3n) is 3.24. The maximum Gasteiger partial charge on any atom is 0.332 e. The number of aryl methyl sites for hydroxylation is 2. The first kappa shape index (κ1) is 16.5. The first-order valence-electron chi connectivity index (χ1n) is 6.99. The molecule has 0 saturated heterocycles. The number of benzene rings is 1. The minimum Gasteiger partial charge on any atom is -0.491 e. The molecule has 0 aliphatic heterocycles. The highest BCUT2D eigenvalue weighted by Crippen LogP contribution is 2.15. The fourth-order valence-electron chi connectivity index (χ4n) is 1.94. The molecule has 2 rings (SSSR count). The molecule has 23 heavy (non-hydrogen) atoms. The van der Waals surface area contributed by atoms with E-state index in [1.54, 1.807) is 38.1 Å². The number of carbonyl (C=O) groups is 2. The molecule has 1 atom stereocenters. The number of nitrogens with zero attached hydrogens (tertiary/aromatic N) is 1. The number of aliphatic carboxylic acids is 1. The van der Waals surface area contributed by atoms with Crippen LogP contribution in [0.4, 0.5) is 0 Å². The maximum atomic E-state index is 12.2. The van der Waals surface area contributed by atoms with Gasteiger partial charge in [-0.25, -0.2) is 9.78 Å². The highest BCUT2D eigenvalue weighted by Gasteiger charge is 2.37. The van der Waals surface area contributed by atoms with E-state index in [4.69, 9.17) is 9.15 Å². The molecule has 0 bridgehead atoms. The molecule has 1 aromatic heterocycles. The fraction of sp³-hybridized carbons (Fsp3) is 0.312. The van der Waals surface area contributed by atoms with Gasteiger partial charge in [0.2, 0.25) is 5.76 Å². The van der Waals surface area contributed by atoms with Gasteiger partial charge in [0.15, 0.2) is 11.4 Å². The summed E-state index contributed by atoms with van der Waals surface area (Å²) in [6.45, 7) is 4.36. The summed E-state index contributed by atoms with van der Waals surface area (Å²) in [7, 11) is 0. The van der Waals surface area contributed by atoms with Gasteiger partial charge in [-0.3, -0.25) is 4.79 Å². The lowest BCUT2D eigenvalue weighted by atomic mass is 10.0. The Kier molecular flexibility index (Phi) is 4.68. The Morgan fingerprint density at radius 3 is 2.48 bits per heavy atom. The van der Waals surface area contributed by atoms with Crippen molar-refractivity contribution in [1.82, 2.24) is 10.3 Å². The number of oxazole rings is 1. The van der Waals surface area contributed by atoms with Crippen molar-refractivity contribution in [3.05, 3.63) is 47.7 Å². The number of amides is 1. The van der Waals surface area contributed by atoms with Gasteiger partial charge in [0.25, 0.3) is 5.91 Å². The van der Waals surface area contributed by atoms with Crippen LogP contribution in [0.1, 0.15) is 29.1 Å². The van der Waals surface area contributed by atoms with Crippen LogP contribution >= 0.6 is 0 Å². The van der Waals surface area contributed by atoms with Crippen LogP contribution in [0, 0.1) is 13.8 Å². The maximum absolute atomic E-state index is 12.2. The summed E-state index contributed by atoms with van der Waals surface area (Å²) in [5.41, 5.74) is -1.21. The molecule has 1 amide bonds. The van der Waals surface area contributed by atoms with Crippen LogP contribution in [0.15, 0.2) is 34.7 Å². The monoisotopic (exact) mass is 318 g/mol. The van der Waals surface area contributed by atoms with Crippen molar-refractivity contribution in [1.29, 1.82) is 0 Å². The van der Waals surface area contributed by atoms with Gasteiger partial charge in [0.1, 0.15) is 12.4 Å². The van der Waals surface area contributed by atoms with E-state index in [0.29, 0.717) is 17.3 Å². The van der Waals surface area contributed by atoms with Gasteiger partial charge in [0, 0.05) is 6.92 Å². The Hall–Kier alpha value is -2.83. The van der Waals surface area contributed by atoms with Crippen molar-refractivity contribution in [2.45, 2.75) is 26.3 Å². The van der Waals surface area contributed by atoms with Crippen LogP contribution < -0.4 is 10.1 Å². The number of hydrogen-bond acceptors (Lipinski definition) is 5. The van der Waals surface area contributed by atoms with Gasteiger partial charge in [-0.15, -0.1) is 0 Å². The second-order valence-electron chi connectivity index (χ2n) is 5.34. The average molecular weight is 318 g/mol. The number of carbonyl (C=O) groups excluding carboxylic acids is 1. The van der Waals surface area contributed by atoms with E-state index >= 15 is 0 Å². The van der Waals surface area contributed by atoms with Crippen LogP contribution in [0.25, 0.3) is 0 Å². The molecule has 7 heteroatoms. The van der Waals surface area contributed by atoms with Gasteiger partial charge in [-0.1, -0.05) is 18.2 Å². The van der Waals surface area contributed by atoms with Gasteiger partial charge < -0.3 is 19.6 Å². The van der Waals surface area contributed by atoms with Crippen LogP contribution in [0.5, 0.6) is 5.75 Å². The molecule has 2 aromatic rings. The van der Waals surface area contributed by atoms with Crippen LogP contribution in [0.3, 0.4) is 0 Å². The molecule has 1 unspecified atom stereocenters. The van der Waals surface area contributed by atoms with Crippen LogP contribution in [-0.4, -0.2) is 34.1 Å². The number of nitrogens with one attached hydrogen (secondary N) is 1. The number of aromatic nitrogens is 1. The van der Waals surface area contributed by atoms with Gasteiger partial charge in [-0.05, 0) is 26.0 Å². The van der Waals surface area contributed by atoms with Gasteiger partial charge in [0.05, 0.1) is 5.69 Å². The smallest absolute Gasteiger partial charge is 0.332 e. The predicted molar refractivity (Wildman–Crippen MR) is 81.4 cm³/mol. The molecule has 1 heterocycles. The van der Waals surface area contributed by atoms with Gasteiger partial charge in [-0.2, -0.15) is 0 Å². The van der Waals surface area contributed by atoms with E-state index in [-0.39, 0.29) is 12.4 Å². The molecule has 1 aromatic carbocycles. The van der Waals surface area contributed by atoms with Crippen LogP contribution in [-0.2, 0) is 4.79 Å². The molecular formula is C16H18N2O5. The van der Waals surface area contributed by atoms with Crippen molar-refractivity contribution >= 4 is 11.9 Å². The normalized spacial score (nSPS) is 13.2. The van der Waals surface area contributed by atoms with E-state index in [1.165, 1.54) is 6.92 Å². The van der Waals surface area contributed by atoms with Crippen molar-refractivity contribution in [3.8, 4) is 5.75 Å². The second-order valence-corrected chi connectivity index (χ2v) is 5.34. The molecule has 2 N–H and O–H groups in total. The van der Waals surface area contributed by atoms with Crippen molar-refractivity contribution in [2.75, 3.05) is 6.61 Å². The van der Waals surface area contributed by atoms with Crippen LogP contribution in [0.2, 0.25) is 0 Å². The zero-order valence-electron chi connectivity index (χ0n) is 13.1. The number of carboxylic acids is 1. The summed E-state index contributed by atoms with van der Waals surface area (Å²) >= 11 is 0. The first-order valence-corrected chi connectivity index (χ1v) is 6.99. The minimum absolute atomic E-state index is 0.00492. The molecule has 0 saturated carbocycles. The number of carboxylic acid groups (broad SMARTS) is 1. The number of ether oxygens (including phenoxy) is 1. The molecule has 0 aliphatic carbocycles. The van der Waals surface area contributed by atoms with E-state index in [0.717, 1.165) is 0 Å². The van der Waals surface area contributed by atoms with Crippen molar-refractivity contribution in [2.24, 2.45) is 0 Å². The lowest BCUT2D eigenvalue weighted by Gasteiger charge is -2.25. The highest BCUT2D eigenvalue weighted by atomic mass is 16.5. The summed E-state index contributed by atoms with van der Waals surface area (Å²) in [4.78, 5) is 27.8. The SMILES string of the molecule is Cc1nc(C)c(C(=O)NC(C)(COc2ccccc2)C(=O)O)o1. The lowest BCUT2D eigenvalue weighted by Crippen LogP contribution is -2.56. The Morgan fingerprint density at radius 1 is 1.30 bits per heavy atom. The molecular weight excluding hydrogens is 300 g/mol. The number of para-hydroxylation sites is 1. The zero-order valence-corrected chi connectivity index (χ0v) is 13.1. The average Bonchev–Trinajstić information content (AvgIpc) is 2.85. The van der Waals surface area contributed by atoms with Gasteiger partial charge >= 0.3 is 5.97 Å². The predicted octanol–water partition coefficient (Wildman–Crippen LogP) is 1.94. The van der Waals surface area contributed by atoms with E-state index in [9.17, 15) is 14.7 Å². The molecule has 0 aliphatic rings. The van der Waals surface area contributed by atoms with Crippen molar-refractivity contribution in [3.63, 3.8) is 0 Å². The molecule has 0 radical (unpaired) electrons. The Balaban J connectivity index is 2.12. The summed E-state index contributed by atoms with van der Waals surface area (Å²) in [6.07, 6.45) is 0. The summed E-state index contributed by atoms with van der Waals surface area (Å²) in [6, 6.07) is 8.77. The van der Waals surface area contributed by atoms with E-state index in [2.05, 4.69) is 10.3 Å². The quantitative estimate of drug-likeness (QED) is 0.844. The number of rotatable bonds is 6. The van der Waals surface area contributed by atoms with Crippen molar-refractivity contribution < 1.29 is 23.8 Å². The highest BCUT2D eigenvalue weighted by molar-refractivity contribution is 5.96. The molecule has 122 valence electrons. The third-order valence-corrected chi connectivity index (χ3v) is 3.24. The first-order chi connectivity index (χ1) is 10.8. The minimum atomic E-state index is -1.61.